The van der Waals surface area contributed by atoms with E-state index in [1.54, 1.807) is 6.08 Å². The van der Waals surface area contributed by atoms with Crippen LogP contribution in [0.15, 0.2) is 25.5 Å². The number of unbranched alkanes of at least 4 members (excludes halogenated alkanes) is 12. The lowest BCUT2D eigenvalue weighted by Crippen LogP contribution is -2.12. The lowest BCUT2D eigenvalue weighted by Gasteiger charge is -2.09. The van der Waals surface area contributed by atoms with Crippen LogP contribution in [0.5, 0.6) is 0 Å². The second kappa shape index (κ2) is 18.2. The van der Waals surface area contributed by atoms with E-state index in [0.29, 0.717) is 6.42 Å². The molecule has 0 rings (SSSR count). The van der Waals surface area contributed by atoms with Crippen LogP contribution in [-0.4, -0.2) is 17.0 Å². The average molecular weight is 367 g/mol. The second-order valence-corrected chi connectivity index (χ2v) is 6.97. The molecule has 150 valence electrons. The quantitative estimate of drug-likeness (QED) is 0.124. The van der Waals surface area contributed by atoms with Gasteiger partial charge in [0.05, 0.1) is 12.2 Å². The molecule has 0 saturated heterocycles. The SMILES string of the molecule is C=COC(=O)C(C=C)CCCCCCCCCCCCCCCC(=O)O. The van der Waals surface area contributed by atoms with Crippen LogP contribution in [0.1, 0.15) is 96.3 Å². The molecule has 0 aliphatic heterocycles. The van der Waals surface area contributed by atoms with Gasteiger partial charge in [-0.15, -0.1) is 6.58 Å². The molecule has 0 aliphatic carbocycles. The summed E-state index contributed by atoms with van der Waals surface area (Å²) in [5.41, 5.74) is 0. The molecule has 0 spiro atoms. The third-order valence-electron chi connectivity index (χ3n) is 4.69. The predicted octanol–water partition coefficient (Wildman–Crippen LogP) is 6.41. The van der Waals surface area contributed by atoms with Gasteiger partial charge >= 0.3 is 11.9 Å². The van der Waals surface area contributed by atoms with Crippen LogP contribution in [0.25, 0.3) is 0 Å². The molecule has 0 saturated carbocycles. The van der Waals surface area contributed by atoms with E-state index in [-0.39, 0.29) is 11.9 Å². The van der Waals surface area contributed by atoms with Gasteiger partial charge in [0.2, 0.25) is 0 Å². The van der Waals surface area contributed by atoms with Crippen LogP contribution in [0.3, 0.4) is 0 Å². The number of aliphatic carboxylic acids is 1. The summed E-state index contributed by atoms with van der Waals surface area (Å²) in [4.78, 5) is 22.0. The monoisotopic (exact) mass is 366 g/mol. The Morgan fingerprint density at radius 2 is 1.19 bits per heavy atom. The average Bonchev–Trinajstić information content (AvgIpc) is 2.61. The summed E-state index contributed by atoms with van der Waals surface area (Å²) in [5, 5.41) is 8.56. The summed E-state index contributed by atoms with van der Waals surface area (Å²) in [5.74, 6) is -1.14. The van der Waals surface area contributed by atoms with E-state index in [1.165, 1.54) is 64.0 Å². The Bertz CT molecular complexity index is 390. The van der Waals surface area contributed by atoms with Crippen molar-refractivity contribution in [2.24, 2.45) is 5.92 Å². The van der Waals surface area contributed by atoms with Crippen molar-refractivity contribution in [1.29, 1.82) is 0 Å². The lowest BCUT2D eigenvalue weighted by molar-refractivity contribution is -0.141. The van der Waals surface area contributed by atoms with Crippen LogP contribution < -0.4 is 0 Å². The minimum atomic E-state index is -0.680. The van der Waals surface area contributed by atoms with Gasteiger partial charge in [-0.1, -0.05) is 89.7 Å². The first-order valence-corrected chi connectivity index (χ1v) is 10.3. The minimum absolute atomic E-state index is 0.211. The fourth-order valence-corrected chi connectivity index (χ4v) is 3.09. The molecule has 1 atom stereocenters. The molecule has 1 unspecified atom stereocenters. The molecule has 0 fully saturated rings. The van der Waals surface area contributed by atoms with Crippen molar-refractivity contribution in [2.75, 3.05) is 0 Å². The number of hydrogen-bond donors (Lipinski definition) is 1. The van der Waals surface area contributed by atoms with E-state index in [2.05, 4.69) is 13.2 Å². The van der Waals surface area contributed by atoms with E-state index >= 15 is 0 Å². The number of carbonyl (C=O) groups is 2. The second-order valence-electron chi connectivity index (χ2n) is 6.97. The van der Waals surface area contributed by atoms with Crippen molar-refractivity contribution in [2.45, 2.75) is 96.3 Å². The Balaban J connectivity index is 3.28. The van der Waals surface area contributed by atoms with E-state index < -0.39 is 5.97 Å². The molecular weight excluding hydrogens is 328 g/mol. The molecule has 0 bridgehead atoms. The van der Waals surface area contributed by atoms with Gasteiger partial charge in [-0.25, -0.2) is 0 Å². The van der Waals surface area contributed by atoms with Gasteiger partial charge in [0.15, 0.2) is 0 Å². The number of carboxylic acid groups (broad SMARTS) is 1. The highest BCUT2D eigenvalue weighted by molar-refractivity contribution is 5.74. The first kappa shape index (κ1) is 24.4. The van der Waals surface area contributed by atoms with Crippen molar-refractivity contribution in [3.63, 3.8) is 0 Å². The minimum Gasteiger partial charge on any atom is -0.481 e. The molecule has 0 aliphatic rings. The Kier molecular flexibility index (Phi) is 17.1. The van der Waals surface area contributed by atoms with Gasteiger partial charge in [0.1, 0.15) is 0 Å². The summed E-state index contributed by atoms with van der Waals surface area (Å²) in [7, 11) is 0. The largest absolute Gasteiger partial charge is 0.481 e. The van der Waals surface area contributed by atoms with Gasteiger partial charge in [-0.3, -0.25) is 9.59 Å². The standard InChI is InChI=1S/C22H38O4/c1-3-20(22(25)26-4-2)18-16-14-12-10-8-6-5-7-9-11-13-15-17-19-21(23)24/h3-4,20H,1-2,5-19H2,(H,23,24). The number of rotatable bonds is 19. The van der Waals surface area contributed by atoms with E-state index in [1.807, 2.05) is 0 Å². The van der Waals surface area contributed by atoms with Crippen molar-refractivity contribution in [3.8, 4) is 0 Å². The van der Waals surface area contributed by atoms with Gasteiger partial charge < -0.3 is 9.84 Å². The maximum absolute atomic E-state index is 11.6. The molecule has 4 nitrogen and oxygen atoms in total. The van der Waals surface area contributed by atoms with Crippen LogP contribution in [-0.2, 0) is 14.3 Å². The number of carboxylic acids is 1. The van der Waals surface area contributed by atoms with Crippen LogP contribution in [0.2, 0.25) is 0 Å². The molecule has 0 aromatic heterocycles. The number of esters is 1. The first-order chi connectivity index (χ1) is 12.6. The zero-order valence-electron chi connectivity index (χ0n) is 16.4. The zero-order valence-corrected chi connectivity index (χ0v) is 16.4. The smallest absolute Gasteiger partial charge is 0.317 e. The summed E-state index contributed by atoms with van der Waals surface area (Å²) >= 11 is 0. The third-order valence-corrected chi connectivity index (χ3v) is 4.69. The van der Waals surface area contributed by atoms with Crippen LogP contribution in [0, 0.1) is 5.92 Å². The van der Waals surface area contributed by atoms with Gasteiger partial charge in [-0.05, 0) is 12.8 Å². The highest BCUT2D eigenvalue weighted by atomic mass is 16.5. The highest BCUT2D eigenvalue weighted by Crippen LogP contribution is 2.16. The Morgan fingerprint density at radius 1 is 0.769 bits per heavy atom. The van der Waals surface area contributed by atoms with Crippen molar-refractivity contribution < 1.29 is 19.4 Å². The van der Waals surface area contributed by atoms with Crippen molar-refractivity contribution in [3.05, 3.63) is 25.5 Å². The zero-order chi connectivity index (χ0) is 19.5. The topological polar surface area (TPSA) is 63.6 Å². The fraction of sp³-hybridized carbons (Fsp3) is 0.727. The lowest BCUT2D eigenvalue weighted by atomic mass is 10.00. The van der Waals surface area contributed by atoms with E-state index in [9.17, 15) is 9.59 Å². The molecule has 0 amide bonds. The number of hydrogen-bond acceptors (Lipinski definition) is 3. The van der Waals surface area contributed by atoms with Gasteiger partial charge in [0.25, 0.3) is 0 Å². The molecule has 0 radical (unpaired) electrons. The van der Waals surface area contributed by atoms with E-state index in [4.69, 9.17) is 9.84 Å². The van der Waals surface area contributed by atoms with Crippen molar-refractivity contribution >= 4 is 11.9 Å². The van der Waals surface area contributed by atoms with E-state index in [0.717, 1.165) is 32.1 Å². The Hall–Kier alpha value is -1.58. The molecule has 0 aromatic rings. The predicted molar refractivity (Wildman–Crippen MR) is 107 cm³/mol. The Labute approximate surface area is 159 Å². The molecule has 0 aromatic carbocycles. The number of carbonyl (C=O) groups excluding carboxylic acids is 1. The van der Waals surface area contributed by atoms with Gasteiger partial charge in [0, 0.05) is 6.42 Å². The van der Waals surface area contributed by atoms with Crippen LogP contribution >= 0.6 is 0 Å². The van der Waals surface area contributed by atoms with Gasteiger partial charge in [-0.2, -0.15) is 0 Å². The molecule has 1 N–H and O–H groups in total. The molecular formula is C22H38O4. The van der Waals surface area contributed by atoms with Crippen LogP contribution in [0.4, 0.5) is 0 Å². The molecule has 0 heterocycles. The Morgan fingerprint density at radius 3 is 1.58 bits per heavy atom. The summed E-state index contributed by atoms with van der Waals surface area (Å²) < 4.78 is 4.80. The van der Waals surface area contributed by atoms with Crippen molar-refractivity contribution in [1.82, 2.24) is 0 Å². The maximum Gasteiger partial charge on any atom is 0.317 e. The molecule has 26 heavy (non-hydrogen) atoms. The fourth-order valence-electron chi connectivity index (χ4n) is 3.09. The first-order valence-electron chi connectivity index (χ1n) is 10.3. The highest BCUT2D eigenvalue weighted by Gasteiger charge is 2.14. The number of ether oxygens (including phenoxy) is 1. The summed E-state index contributed by atoms with van der Waals surface area (Å²) in [6.45, 7) is 7.10. The normalized spacial score (nSPS) is 11.7. The summed E-state index contributed by atoms with van der Waals surface area (Å²) in [6, 6.07) is 0. The summed E-state index contributed by atoms with van der Waals surface area (Å²) in [6.07, 6.45) is 19.4. The maximum atomic E-state index is 11.6. The molecule has 4 heteroatoms. The third kappa shape index (κ3) is 15.9.